The molecule has 0 aliphatic carbocycles. The highest BCUT2D eigenvalue weighted by molar-refractivity contribution is 8.13. The molecule has 3 nitrogen and oxygen atoms in total. The number of carbonyl (C=O) groups is 2. The van der Waals surface area contributed by atoms with Crippen molar-refractivity contribution in [2.24, 2.45) is 10.8 Å². The molecule has 0 aromatic rings. The molecule has 0 N–H and O–H groups in total. The normalized spacial score (nSPS) is 28.5. The van der Waals surface area contributed by atoms with Gasteiger partial charge in [0, 0.05) is 30.7 Å². The molecule has 162 valence electrons. The maximum Gasteiger partial charge on any atom is 0.223 e. The Balaban J connectivity index is 2.04. The minimum atomic E-state index is -0.113. The van der Waals surface area contributed by atoms with Crippen LogP contribution in [0.2, 0.25) is 0 Å². The van der Waals surface area contributed by atoms with Gasteiger partial charge in [-0.2, -0.15) is 0 Å². The maximum atomic E-state index is 13.2. The summed E-state index contributed by atoms with van der Waals surface area (Å²) in [4.78, 5) is 27.4. The van der Waals surface area contributed by atoms with E-state index in [1.807, 2.05) is 0 Å². The first-order chi connectivity index (χ1) is 13.0. The minimum absolute atomic E-state index is 0.109. The van der Waals surface area contributed by atoms with Crippen LogP contribution in [-0.2, 0) is 9.59 Å². The molecule has 0 aromatic carbocycles. The lowest BCUT2D eigenvalue weighted by Gasteiger charge is -2.42. The first-order valence-corrected chi connectivity index (χ1v) is 12.5. The van der Waals surface area contributed by atoms with Crippen molar-refractivity contribution in [1.29, 1.82) is 0 Å². The van der Waals surface area contributed by atoms with E-state index in [0.717, 1.165) is 50.8 Å². The predicted molar refractivity (Wildman–Crippen MR) is 121 cm³/mol. The van der Waals surface area contributed by atoms with E-state index in [9.17, 15) is 9.59 Å². The van der Waals surface area contributed by atoms with Crippen LogP contribution in [0.3, 0.4) is 0 Å². The first kappa shape index (κ1) is 23.8. The zero-order chi connectivity index (χ0) is 20.8. The van der Waals surface area contributed by atoms with Crippen LogP contribution < -0.4 is 0 Å². The number of rotatable bonds is 4. The van der Waals surface area contributed by atoms with Crippen molar-refractivity contribution in [3.05, 3.63) is 0 Å². The Labute approximate surface area is 177 Å². The fraction of sp³-hybridized carbons (Fsp3) is 0.917. The standard InChI is InChI=1S/C24H43NO2S/c1-22(2)12-7-6-9-17-25(20(26)19-22)23(3,4)15-16-24(5)13-8-10-18-28-21(27)11-14-24/h6-19H2,1-5H3/t24-/m1/s1. The van der Waals surface area contributed by atoms with Crippen LogP contribution in [0.1, 0.15) is 112 Å². The summed E-state index contributed by atoms with van der Waals surface area (Å²) in [5.74, 6) is 1.32. The molecule has 1 amide bonds. The molecular formula is C24H43NO2S. The van der Waals surface area contributed by atoms with Crippen molar-refractivity contribution in [1.82, 2.24) is 4.90 Å². The number of amides is 1. The second-order valence-electron chi connectivity index (χ2n) is 11.0. The Morgan fingerprint density at radius 2 is 1.68 bits per heavy atom. The molecule has 0 unspecified atom stereocenters. The molecule has 2 fully saturated rings. The van der Waals surface area contributed by atoms with Crippen LogP contribution in [-0.4, -0.2) is 33.8 Å². The second kappa shape index (κ2) is 10.00. The topological polar surface area (TPSA) is 37.4 Å². The third-order valence-corrected chi connectivity index (χ3v) is 8.13. The van der Waals surface area contributed by atoms with Gasteiger partial charge in [0.15, 0.2) is 5.12 Å². The monoisotopic (exact) mass is 409 g/mol. The number of hydrogen-bond donors (Lipinski definition) is 0. The van der Waals surface area contributed by atoms with Crippen LogP contribution in [0.5, 0.6) is 0 Å². The summed E-state index contributed by atoms with van der Waals surface area (Å²) in [6.07, 6.45) is 12.8. The number of nitrogens with zero attached hydrogens (tertiary/aromatic N) is 1. The number of carbonyl (C=O) groups excluding carboxylic acids is 2. The fourth-order valence-corrected chi connectivity index (χ4v) is 5.66. The van der Waals surface area contributed by atoms with Gasteiger partial charge in [0.1, 0.15) is 0 Å². The molecule has 4 heteroatoms. The highest BCUT2D eigenvalue weighted by Gasteiger charge is 2.36. The molecule has 2 heterocycles. The van der Waals surface area contributed by atoms with E-state index in [1.54, 1.807) is 0 Å². The van der Waals surface area contributed by atoms with Crippen LogP contribution in [0.15, 0.2) is 0 Å². The molecule has 2 aliphatic rings. The SMILES string of the molecule is CC1(C)CCCCCN(C(C)(C)CC[C@]2(C)CCCCSC(=O)CC2)C(=O)C1. The highest BCUT2D eigenvalue weighted by Crippen LogP contribution is 2.40. The predicted octanol–water partition coefficient (Wildman–Crippen LogP) is 6.59. The van der Waals surface area contributed by atoms with E-state index in [-0.39, 0.29) is 16.4 Å². The van der Waals surface area contributed by atoms with E-state index in [4.69, 9.17) is 0 Å². The van der Waals surface area contributed by atoms with Crippen molar-refractivity contribution in [3.63, 3.8) is 0 Å². The molecule has 2 rings (SSSR count). The second-order valence-corrected chi connectivity index (χ2v) is 12.1. The Hall–Kier alpha value is -0.510. The van der Waals surface area contributed by atoms with Gasteiger partial charge >= 0.3 is 0 Å². The molecule has 0 bridgehead atoms. The number of hydrogen-bond acceptors (Lipinski definition) is 3. The summed E-state index contributed by atoms with van der Waals surface area (Å²) in [6, 6.07) is 0. The smallest absolute Gasteiger partial charge is 0.223 e. The van der Waals surface area contributed by atoms with Crippen LogP contribution >= 0.6 is 11.8 Å². The third-order valence-electron chi connectivity index (χ3n) is 7.11. The molecule has 0 aromatic heterocycles. The van der Waals surface area contributed by atoms with Gasteiger partial charge in [-0.05, 0) is 69.6 Å². The largest absolute Gasteiger partial charge is 0.338 e. The zero-order valence-corrected chi connectivity index (χ0v) is 19.9. The van der Waals surface area contributed by atoms with Gasteiger partial charge in [-0.25, -0.2) is 0 Å². The van der Waals surface area contributed by atoms with Crippen molar-refractivity contribution in [3.8, 4) is 0 Å². The van der Waals surface area contributed by atoms with Crippen molar-refractivity contribution >= 4 is 22.8 Å². The lowest BCUT2D eigenvalue weighted by atomic mass is 9.74. The Morgan fingerprint density at radius 1 is 0.964 bits per heavy atom. The van der Waals surface area contributed by atoms with Gasteiger partial charge in [-0.15, -0.1) is 0 Å². The van der Waals surface area contributed by atoms with Gasteiger partial charge in [0.2, 0.25) is 5.91 Å². The summed E-state index contributed by atoms with van der Waals surface area (Å²) >= 11 is 1.53. The van der Waals surface area contributed by atoms with E-state index in [0.29, 0.717) is 23.9 Å². The van der Waals surface area contributed by atoms with E-state index in [2.05, 4.69) is 39.5 Å². The average Bonchev–Trinajstić information content (AvgIpc) is 2.72. The van der Waals surface area contributed by atoms with Crippen LogP contribution in [0, 0.1) is 10.8 Å². The summed E-state index contributed by atoms with van der Waals surface area (Å²) in [5.41, 5.74) is 0.217. The molecule has 28 heavy (non-hydrogen) atoms. The lowest BCUT2D eigenvalue weighted by molar-refractivity contribution is -0.139. The Morgan fingerprint density at radius 3 is 2.43 bits per heavy atom. The Kier molecular flexibility index (Phi) is 8.49. The Bertz CT molecular complexity index is 543. The van der Waals surface area contributed by atoms with E-state index in [1.165, 1.54) is 37.4 Å². The zero-order valence-electron chi connectivity index (χ0n) is 19.1. The third kappa shape index (κ3) is 7.39. The van der Waals surface area contributed by atoms with Crippen LogP contribution in [0.4, 0.5) is 0 Å². The van der Waals surface area contributed by atoms with Crippen molar-refractivity contribution in [2.45, 2.75) is 117 Å². The van der Waals surface area contributed by atoms with E-state index >= 15 is 0 Å². The first-order valence-electron chi connectivity index (χ1n) is 11.5. The lowest BCUT2D eigenvalue weighted by Crippen LogP contribution is -2.49. The summed E-state index contributed by atoms with van der Waals surface area (Å²) in [7, 11) is 0. The molecule has 2 saturated heterocycles. The van der Waals surface area contributed by atoms with Gasteiger partial charge in [0.05, 0.1) is 0 Å². The minimum Gasteiger partial charge on any atom is -0.338 e. The summed E-state index contributed by atoms with van der Waals surface area (Å²) < 4.78 is 0. The van der Waals surface area contributed by atoms with Gasteiger partial charge in [-0.1, -0.05) is 51.8 Å². The highest BCUT2D eigenvalue weighted by atomic mass is 32.2. The molecule has 0 radical (unpaired) electrons. The fourth-order valence-electron chi connectivity index (χ4n) is 4.84. The quantitative estimate of drug-likeness (QED) is 0.525. The molecule has 0 spiro atoms. The average molecular weight is 410 g/mol. The van der Waals surface area contributed by atoms with Gasteiger partial charge in [0.25, 0.3) is 0 Å². The molecule has 2 aliphatic heterocycles. The van der Waals surface area contributed by atoms with Gasteiger partial charge in [-0.3, -0.25) is 9.59 Å². The maximum absolute atomic E-state index is 13.2. The van der Waals surface area contributed by atoms with E-state index < -0.39 is 0 Å². The van der Waals surface area contributed by atoms with Crippen molar-refractivity contribution < 1.29 is 9.59 Å². The van der Waals surface area contributed by atoms with Crippen LogP contribution in [0.25, 0.3) is 0 Å². The summed E-state index contributed by atoms with van der Waals surface area (Å²) in [5, 5.41) is 0.366. The molecule has 1 atom stereocenters. The van der Waals surface area contributed by atoms with Crippen molar-refractivity contribution in [2.75, 3.05) is 12.3 Å². The van der Waals surface area contributed by atoms with Gasteiger partial charge < -0.3 is 4.90 Å². The number of thioether (sulfide) groups is 1. The summed E-state index contributed by atoms with van der Waals surface area (Å²) in [6.45, 7) is 12.3. The molecular weight excluding hydrogens is 366 g/mol. The molecule has 0 saturated carbocycles.